The first kappa shape index (κ1) is 12.7. The summed E-state index contributed by atoms with van der Waals surface area (Å²) in [7, 11) is 0. The Morgan fingerprint density at radius 2 is 1.80 bits per heavy atom. The summed E-state index contributed by atoms with van der Waals surface area (Å²) in [6.45, 7) is 4.38. The lowest BCUT2D eigenvalue weighted by molar-refractivity contribution is -0.0303. The molecule has 1 aromatic heterocycles. The van der Waals surface area contributed by atoms with Crippen LogP contribution in [0.2, 0.25) is 0 Å². The lowest BCUT2D eigenvalue weighted by Gasteiger charge is -2.54. The molecule has 4 fully saturated rings. The molecular weight excluding hydrogens is 248 g/mol. The van der Waals surface area contributed by atoms with Crippen molar-refractivity contribution in [2.45, 2.75) is 64.3 Å². The molecule has 1 aromatic rings. The van der Waals surface area contributed by atoms with Crippen molar-refractivity contribution in [2.75, 3.05) is 0 Å². The van der Waals surface area contributed by atoms with Crippen molar-refractivity contribution in [3.8, 4) is 0 Å². The molecule has 0 aromatic carbocycles. The van der Waals surface area contributed by atoms with E-state index in [1.54, 1.807) is 0 Å². The highest BCUT2D eigenvalue weighted by atomic mass is 16.1. The standard InChI is InChI=1S/C17H26N2O/c1-3-10(2)15-9-19(17(20)18-15)16-13-5-11-4-12(7-13)8-14(16)6-11/h9-14,16H,3-8H2,1-2H3,(H,18,20)/t10-,11?,12?,13?,14?,16?/m0/s1. The number of aromatic amines is 1. The van der Waals surface area contributed by atoms with Gasteiger partial charge >= 0.3 is 5.69 Å². The number of hydrogen-bond donors (Lipinski definition) is 1. The van der Waals surface area contributed by atoms with Crippen molar-refractivity contribution < 1.29 is 0 Å². The Kier molecular flexibility index (Phi) is 2.87. The minimum absolute atomic E-state index is 0.137. The number of hydrogen-bond acceptors (Lipinski definition) is 1. The summed E-state index contributed by atoms with van der Waals surface area (Å²) >= 11 is 0. The minimum Gasteiger partial charge on any atom is -0.310 e. The Morgan fingerprint density at radius 3 is 2.35 bits per heavy atom. The smallest absolute Gasteiger partial charge is 0.310 e. The lowest BCUT2D eigenvalue weighted by atomic mass is 9.54. The molecule has 110 valence electrons. The van der Waals surface area contributed by atoms with Gasteiger partial charge in [-0.25, -0.2) is 4.79 Å². The highest BCUT2D eigenvalue weighted by Gasteiger charge is 2.49. The molecule has 20 heavy (non-hydrogen) atoms. The normalized spacial score (nSPS) is 40.2. The molecule has 1 heterocycles. The van der Waals surface area contributed by atoms with E-state index < -0.39 is 0 Å². The highest BCUT2D eigenvalue weighted by Crippen LogP contribution is 2.57. The fourth-order valence-electron chi connectivity index (χ4n) is 5.47. The minimum atomic E-state index is 0.137. The van der Waals surface area contributed by atoms with Gasteiger partial charge in [-0.1, -0.05) is 13.8 Å². The zero-order chi connectivity index (χ0) is 13.9. The van der Waals surface area contributed by atoms with Crippen molar-refractivity contribution >= 4 is 0 Å². The van der Waals surface area contributed by atoms with Crippen LogP contribution in [0.1, 0.15) is 70.0 Å². The van der Waals surface area contributed by atoms with Gasteiger partial charge in [0.2, 0.25) is 0 Å². The highest BCUT2D eigenvalue weighted by molar-refractivity contribution is 5.08. The molecule has 0 radical (unpaired) electrons. The van der Waals surface area contributed by atoms with E-state index in [0.717, 1.165) is 35.8 Å². The summed E-state index contributed by atoms with van der Waals surface area (Å²) in [5.41, 5.74) is 1.27. The summed E-state index contributed by atoms with van der Waals surface area (Å²) < 4.78 is 2.08. The van der Waals surface area contributed by atoms with Crippen LogP contribution in [0.3, 0.4) is 0 Å². The molecule has 5 rings (SSSR count). The zero-order valence-corrected chi connectivity index (χ0v) is 12.6. The largest absolute Gasteiger partial charge is 0.325 e. The third-order valence-electron chi connectivity index (χ3n) is 6.41. The average molecular weight is 274 g/mol. The van der Waals surface area contributed by atoms with Gasteiger partial charge in [0, 0.05) is 17.9 Å². The van der Waals surface area contributed by atoms with Crippen LogP contribution in [-0.2, 0) is 0 Å². The van der Waals surface area contributed by atoms with E-state index in [-0.39, 0.29) is 5.69 Å². The van der Waals surface area contributed by atoms with Crippen molar-refractivity contribution in [3.63, 3.8) is 0 Å². The number of aromatic nitrogens is 2. The second-order valence-electron chi connectivity index (χ2n) is 7.65. The third kappa shape index (κ3) is 1.82. The number of H-pyrrole nitrogens is 1. The van der Waals surface area contributed by atoms with Gasteiger partial charge in [0.25, 0.3) is 0 Å². The first-order valence-corrected chi connectivity index (χ1v) is 8.46. The Balaban J connectivity index is 1.68. The van der Waals surface area contributed by atoms with Crippen LogP contribution in [-0.4, -0.2) is 9.55 Å². The molecule has 4 bridgehead atoms. The summed E-state index contributed by atoms with van der Waals surface area (Å²) in [6, 6.07) is 0.490. The number of rotatable bonds is 3. The molecule has 4 saturated carbocycles. The van der Waals surface area contributed by atoms with Crippen molar-refractivity contribution in [1.82, 2.24) is 9.55 Å². The quantitative estimate of drug-likeness (QED) is 0.897. The van der Waals surface area contributed by atoms with Crippen LogP contribution in [0.15, 0.2) is 11.0 Å². The first-order valence-electron chi connectivity index (χ1n) is 8.46. The topological polar surface area (TPSA) is 37.8 Å². The molecule has 3 nitrogen and oxygen atoms in total. The summed E-state index contributed by atoms with van der Waals surface area (Å²) in [6.07, 6.45) is 10.2. The van der Waals surface area contributed by atoms with E-state index in [1.165, 1.54) is 32.1 Å². The van der Waals surface area contributed by atoms with Crippen molar-refractivity contribution in [2.24, 2.45) is 23.7 Å². The first-order chi connectivity index (χ1) is 9.65. The van der Waals surface area contributed by atoms with Gasteiger partial charge in [-0.05, 0) is 68.1 Å². The SMILES string of the molecule is CC[C@H](C)c1cn(C2C3CC4CC(C3)CC2C4)c(=O)[nH]1. The monoisotopic (exact) mass is 274 g/mol. The van der Waals surface area contributed by atoms with Crippen molar-refractivity contribution in [3.05, 3.63) is 22.4 Å². The second kappa shape index (κ2) is 4.51. The molecule has 1 N–H and O–H groups in total. The fraction of sp³-hybridized carbons (Fsp3) is 0.824. The van der Waals surface area contributed by atoms with Gasteiger partial charge in [0.05, 0.1) is 0 Å². The molecule has 0 saturated heterocycles. The van der Waals surface area contributed by atoms with Gasteiger partial charge in [-0.15, -0.1) is 0 Å². The molecule has 0 amide bonds. The molecular formula is C17H26N2O. The van der Waals surface area contributed by atoms with E-state index in [4.69, 9.17) is 0 Å². The molecule has 0 unspecified atom stereocenters. The molecule has 4 aliphatic rings. The van der Waals surface area contributed by atoms with Gasteiger partial charge in [0.15, 0.2) is 0 Å². The second-order valence-corrected chi connectivity index (χ2v) is 7.65. The lowest BCUT2D eigenvalue weighted by Crippen LogP contribution is -2.47. The molecule has 0 spiro atoms. The fourth-order valence-corrected chi connectivity index (χ4v) is 5.47. The number of nitrogens with zero attached hydrogens (tertiary/aromatic N) is 1. The maximum Gasteiger partial charge on any atom is 0.325 e. The van der Waals surface area contributed by atoms with Gasteiger partial charge in [0.1, 0.15) is 0 Å². The molecule has 4 aliphatic carbocycles. The van der Waals surface area contributed by atoms with Gasteiger partial charge in [-0.3, -0.25) is 4.57 Å². The predicted octanol–water partition coefficient (Wildman–Crippen LogP) is 3.69. The van der Waals surface area contributed by atoms with E-state index in [1.807, 2.05) is 0 Å². The average Bonchev–Trinajstić information content (AvgIpc) is 2.79. The predicted molar refractivity (Wildman–Crippen MR) is 79.8 cm³/mol. The van der Waals surface area contributed by atoms with Crippen molar-refractivity contribution in [1.29, 1.82) is 0 Å². The van der Waals surface area contributed by atoms with Crippen LogP contribution >= 0.6 is 0 Å². The molecule has 1 atom stereocenters. The summed E-state index contributed by atoms with van der Waals surface area (Å²) in [5.74, 6) is 3.93. The Morgan fingerprint density at radius 1 is 1.20 bits per heavy atom. The van der Waals surface area contributed by atoms with Gasteiger partial charge < -0.3 is 4.98 Å². The van der Waals surface area contributed by atoms with E-state index in [9.17, 15) is 4.79 Å². The number of nitrogens with one attached hydrogen (secondary N) is 1. The van der Waals surface area contributed by atoms with E-state index >= 15 is 0 Å². The van der Waals surface area contributed by atoms with Crippen LogP contribution in [0.4, 0.5) is 0 Å². The zero-order valence-electron chi connectivity index (χ0n) is 12.6. The van der Waals surface area contributed by atoms with Crippen LogP contribution in [0.25, 0.3) is 0 Å². The van der Waals surface area contributed by atoms with Crippen LogP contribution < -0.4 is 5.69 Å². The summed E-state index contributed by atoms with van der Waals surface area (Å²) in [4.78, 5) is 15.5. The van der Waals surface area contributed by atoms with Gasteiger partial charge in [-0.2, -0.15) is 0 Å². The third-order valence-corrected chi connectivity index (χ3v) is 6.41. The van der Waals surface area contributed by atoms with Crippen LogP contribution in [0.5, 0.6) is 0 Å². The Bertz CT molecular complexity index is 528. The summed E-state index contributed by atoms with van der Waals surface area (Å²) in [5, 5.41) is 0. The maximum absolute atomic E-state index is 12.4. The molecule has 0 aliphatic heterocycles. The number of imidazole rings is 1. The van der Waals surface area contributed by atoms with E-state index in [0.29, 0.717) is 12.0 Å². The Labute approximate surface area is 120 Å². The van der Waals surface area contributed by atoms with Crippen LogP contribution in [0, 0.1) is 23.7 Å². The molecule has 3 heteroatoms. The maximum atomic E-state index is 12.4. The van der Waals surface area contributed by atoms with E-state index in [2.05, 4.69) is 29.6 Å². The Hall–Kier alpha value is -0.990.